The lowest BCUT2D eigenvalue weighted by molar-refractivity contribution is -0.121. The van der Waals surface area contributed by atoms with Gasteiger partial charge in [0.25, 0.3) is 0 Å². The average molecular weight is 395 g/mol. The molecule has 0 radical (unpaired) electrons. The molecule has 7 heteroatoms. The third kappa shape index (κ3) is 5.75. The minimum atomic E-state index is -3.51. The fourth-order valence-electron chi connectivity index (χ4n) is 2.68. The summed E-state index contributed by atoms with van der Waals surface area (Å²) in [5.41, 5.74) is 3.40. The standard InChI is InChI=1S/C19H23ClN2O3S/c1-14-5-4-6-16(11-14)13-21-19(23)9-10-22(26(3,24)25)18-8-7-17(20)12-15(18)2/h4-8,11-12H,9-10,13H2,1-3H3,(H,21,23). The molecule has 0 aromatic heterocycles. The number of benzene rings is 2. The zero-order valence-corrected chi connectivity index (χ0v) is 16.7. The fourth-order valence-corrected chi connectivity index (χ4v) is 3.89. The van der Waals surface area contributed by atoms with Crippen LogP contribution in [0, 0.1) is 13.8 Å². The third-order valence-electron chi connectivity index (χ3n) is 3.94. The van der Waals surface area contributed by atoms with Crippen molar-refractivity contribution >= 4 is 33.2 Å². The predicted octanol–water partition coefficient (Wildman–Crippen LogP) is 3.43. The van der Waals surface area contributed by atoms with Crippen LogP contribution < -0.4 is 9.62 Å². The van der Waals surface area contributed by atoms with Crippen LogP contribution >= 0.6 is 11.6 Å². The number of hydrogen-bond acceptors (Lipinski definition) is 3. The van der Waals surface area contributed by atoms with E-state index in [-0.39, 0.29) is 18.9 Å². The van der Waals surface area contributed by atoms with Crippen LogP contribution in [0.5, 0.6) is 0 Å². The summed E-state index contributed by atoms with van der Waals surface area (Å²) in [5.74, 6) is -0.202. The molecular weight excluding hydrogens is 372 g/mol. The molecule has 0 unspecified atom stereocenters. The highest BCUT2D eigenvalue weighted by Crippen LogP contribution is 2.25. The SMILES string of the molecule is Cc1cccc(CNC(=O)CCN(c2ccc(Cl)cc2C)S(C)(=O)=O)c1. The van der Waals surface area contributed by atoms with E-state index in [4.69, 9.17) is 11.6 Å². The van der Waals surface area contributed by atoms with Crippen molar-refractivity contribution in [2.75, 3.05) is 17.1 Å². The molecule has 0 atom stereocenters. The number of amides is 1. The van der Waals surface area contributed by atoms with Crippen molar-refractivity contribution in [3.63, 3.8) is 0 Å². The lowest BCUT2D eigenvalue weighted by atomic mass is 10.1. The topological polar surface area (TPSA) is 66.5 Å². The summed E-state index contributed by atoms with van der Waals surface area (Å²) in [4.78, 5) is 12.1. The van der Waals surface area contributed by atoms with E-state index < -0.39 is 10.0 Å². The lowest BCUT2D eigenvalue weighted by Gasteiger charge is -2.24. The molecule has 0 heterocycles. The Morgan fingerprint density at radius 1 is 1.15 bits per heavy atom. The number of aryl methyl sites for hydroxylation is 2. The molecule has 1 amide bonds. The molecule has 2 rings (SSSR count). The van der Waals surface area contributed by atoms with Gasteiger partial charge in [0.15, 0.2) is 0 Å². The van der Waals surface area contributed by atoms with Crippen molar-refractivity contribution in [2.45, 2.75) is 26.8 Å². The van der Waals surface area contributed by atoms with Gasteiger partial charge >= 0.3 is 0 Å². The second-order valence-corrected chi connectivity index (χ2v) is 8.62. The van der Waals surface area contributed by atoms with Crippen LogP contribution in [0.1, 0.15) is 23.1 Å². The molecule has 5 nitrogen and oxygen atoms in total. The molecule has 1 N–H and O–H groups in total. The predicted molar refractivity (Wildman–Crippen MR) is 106 cm³/mol. The van der Waals surface area contributed by atoms with Crippen LogP contribution in [0.2, 0.25) is 5.02 Å². The molecule has 140 valence electrons. The first-order chi connectivity index (χ1) is 12.2. The van der Waals surface area contributed by atoms with Crippen molar-refractivity contribution in [1.82, 2.24) is 5.32 Å². The molecule has 0 bridgehead atoms. The van der Waals surface area contributed by atoms with Gasteiger partial charge in [-0.1, -0.05) is 41.4 Å². The molecule has 0 saturated heterocycles. The summed E-state index contributed by atoms with van der Waals surface area (Å²) in [6.45, 7) is 4.27. The Bertz CT molecular complexity index is 897. The van der Waals surface area contributed by atoms with Gasteiger partial charge < -0.3 is 5.32 Å². The maximum absolute atomic E-state index is 12.2. The molecule has 2 aromatic carbocycles. The Hall–Kier alpha value is -2.05. The van der Waals surface area contributed by atoms with Gasteiger partial charge in [0.2, 0.25) is 15.9 Å². The van der Waals surface area contributed by atoms with Gasteiger partial charge in [-0.05, 0) is 43.2 Å². The van der Waals surface area contributed by atoms with Gasteiger partial charge in [0.05, 0.1) is 11.9 Å². The molecule has 0 aliphatic heterocycles. The number of rotatable bonds is 7. The molecule has 0 fully saturated rings. The molecule has 0 spiro atoms. The van der Waals surface area contributed by atoms with Crippen molar-refractivity contribution in [3.05, 3.63) is 64.2 Å². The third-order valence-corrected chi connectivity index (χ3v) is 5.36. The fraction of sp³-hybridized carbons (Fsp3) is 0.316. The van der Waals surface area contributed by atoms with Crippen molar-refractivity contribution < 1.29 is 13.2 Å². The highest BCUT2D eigenvalue weighted by Gasteiger charge is 2.20. The Labute approximate surface area is 160 Å². The molecule has 0 aliphatic rings. The number of carbonyl (C=O) groups excluding carboxylic acids is 1. The monoisotopic (exact) mass is 394 g/mol. The number of nitrogens with one attached hydrogen (secondary N) is 1. The first-order valence-corrected chi connectivity index (χ1v) is 10.5. The highest BCUT2D eigenvalue weighted by molar-refractivity contribution is 7.92. The average Bonchev–Trinajstić information content (AvgIpc) is 2.54. The van der Waals surface area contributed by atoms with Gasteiger partial charge in [-0.25, -0.2) is 8.42 Å². The van der Waals surface area contributed by atoms with Crippen LogP contribution in [0.3, 0.4) is 0 Å². The zero-order chi connectivity index (χ0) is 19.3. The maximum atomic E-state index is 12.2. The minimum Gasteiger partial charge on any atom is -0.352 e. The minimum absolute atomic E-state index is 0.0704. The van der Waals surface area contributed by atoms with Crippen molar-refractivity contribution in [3.8, 4) is 0 Å². The summed E-state index contributed by atoms with van der Waals surface area (Å²) in [5, 5.41) is 3.36. The summed E-state index contributed by atoms with van der Waals surface area (Å²) in [6, 6.07) is 12.9. The van der Waals surface area contributed by atoms with Crippen LogP contribution in [0.25, 0.3) is 0 Å². The van der Waals surface area contributed by atoms with Gasteiger partial charge in [0, 0.05) is 24.5 Å². The zero-order valence-electron chi connectivity index (χ0n) is 15.1. The van der Waals surface area contributed by atoms with E-state index in [0.29, 0.717) is 17.3 Å². The van der Waals surface area contributed by atoms with Gasteiger partial charge in [-0.2, -0.15) is 0 Å². The first-order valence-electron chi connectivity index (χ1n) is 8.23. The van der Waals surface area contributed by atoms with Crippen LogP contribution in [0.4, 0.5) is 5.69 Å². The van der Waals surface area contributed by atoms with E-state index in [1.54, 1.807) is 25.1 Å². The summed E-state index contributed by atoms with van der Waals surface area (Å²) in [6.07, 6.45) is 1.20. The van der Waals surface area contributed by atoms with Crippen LogP contribution in [-0.4, -0.2) is 27.1 Å². The number of hydrogen-bond donors (Lipinski definition) is 1. The number of carbonyl (C=O) groups is 1. The normalized spacial score (nSPS) is 11.2. The van der Waals surface area contributed by atoms with Crippen LogP contribution in [-0.2, 0) is 21.4 Å². The number of halogens is 1. The maximum Gasteiger partial charge on any atom is 0.232 e. The smallest absolute Gasteiger partial charge is 0.232 e. The van der Waals surface area contributed by atoms with E-state index in [2.05, 4.69) is 5.32 Å². The number of anilines is 1. The number of nitrogens with zero attached hydrogens (tertiary/aromatic N) is 1. The Kier molecular flexibility index (Phi) is 6.67. The molecule has 0 aliphatic carbocycles. The molecule has 26 heavy (non-hydrogen) atoms. The second-order valence-electron chi connectivity index (χ2n) is 6.28. The molecule has 2 aromatic rings. The molecule has 0 saturated carbocycles. The van der Waals surface area contributed by atoms with E-state index in [1.165, 1.54) is 4.31 Å². The lowest BCUT2D eigenvalue weighted by Crippen LogP contribution is -2.35. The van der Waals surface area contributed by atoms with E-state index in [9.17, 15) is 13.2 Å². The summed E-state index contributed by atoms with van der Waals surface area (Å²) in [7, 11) is -3.51. The highest BCUT2D eigenvalue weighted by atomic mass is 35.5. The van der Waals surface area contributed by atoms with Crippen molar-refractivity contribution in [2.24, 2.45) is 0 Å². The summed E-state index contributed by atoms with van der Waals surface area (Å²) >= 11 is 5.94. The van der Waals surface area contributed by atoms with E-state index in [0.717, 1.165) is 22.9 Å². The Morgan fingerprint density at radius 3 is 2.50 bits per heavy atom. The Morgan fingerprint density at radius 2 is 1.88 bits per heavy atom. The van der Waals surface area contributed by atoms with Crippen molar-refractivity contribution in [1.29, 1.82) is 0 Å². The van der Waals surface area contributed by atoms with E-state index >= 15 is 0 Å². The van der Waals surface area contributed by atoms with E-state index in [1.807, 2.05) is 31.2 Å². The van der Waals surface area contributed by atoms with Gasteiger partial charge in [-0.3, -0.25) is 9.10 Å². The van der Waals surface area contributed by atoms with Crippen LogP contribution in [0.15, 0.2) is 42.5 Å². The first kappa shape index (κ1) is 20.3. The summed E-state index contributed by atoms with van der Waals surface area (Å²) < 4.78 is 25.6. The van der Waals surface area contributed by atoms with Gasteiger partial charge in [-0.15, -0.1) is 0 Å². The Balaban J connectivity index is 2.02. The largest absolute Gasteiger partial charge is 0.352 e. The molecular formula is C19H23ClN2O3S. The second kappa shape index (κ2) is 8.56. The number of sulfonamides is 1. The quantitative estimate of drug-likeness (QED) is 0.782. The van der Waals surface area contributed by atoms with Gasteiger partial charge in [0.1, 0.15) is 0 Å².